The van der Waals surface area contributed by atoms with Crippen molar-refractivity contribution in [3.8, 4) is 0 Å². The van der Waals surface area contributed by atoms with E-state index in [-0.39, 0.29) is 0 Å². The highest BCUT2D eigenvalue weighted by molar-refractivity contribution is 5.21. The normalized spacial score (nSPS) is 15.0. The Morgan fingerprint density at radius 1 is 1.43 bits per heavy atom. The van der Waals surface area contributed by atoms with Gasteiger partial charge in [0.25, 0.3) is 0 Å². The highest BCUT2D eigenvalue weighted by Gasteiger charge is 2.21. The van der Waals surface area contributed by atoms with E-state index >= 15 is 0 Å². The smallest absolute Gasteiger partial charge is 0.122 e. The Bertz CT molecular complexity index is 597. The summed E-state index contributed by atoms with van der Waals surface area (Å²) in [5.41, 5.74) is 1.26. The van der Waals surface area contributed by atoms with Gasteiger partial charge in [-0.3, -0.25) is 4.90 Å². The van der Waals surface area contributed by atoms with Crippen LogP contribution in [0.25, 0.3) is 0 Å². The molecular weight excluding hydrogens is 264 g/mol. The first-order valence-electron chi connectivity index (χ1n) is 7.58. The summed E-state index contributed by atoms with van der Waals surface area (Å²) in [7, 11) is 4.14. The van der Waals surface area contributed by atoms with Crippen molar-refractivity contribution in [3.05, 3.63) is 41.4 Å². The third-order valence-electron chi connectivity index (χ3n) is 3.99. The summed E-state index contributed by atoms with van der Waals surface area (Å²) in [5.74, 6) is 3.14. The second-order valence-corrected chi connectivity index (χ2v) is 6.08. The third kappa shape index (κ3) is 3.74. The van der Waals surface area contributed by atoms with Gasteiger partial charge in [0, 0.05) is 37.6 Å². The molecule has 1 aliphatic rings. The maximum absolute atomic E-state index is 5.84. The number of hydrogen-bond acceptors (Lipinski definition) is 4. The Morgan fingerprint density at radius 2 is 2.24 bits per heavy atom. The van der Waals surface area contributed by atoms with Gasteiger partial charge in [-0.2, -0.15) is 0 Å². The molecule has 5 nitrogen and oxygen atoms in total. The van der Waals surface area contributed by atoms with Gasteiger partial charge < -0.3 is 14.3 Å². The summed E-state index contributed by atoms with van der Waals surface area (Å²) in [4.78, 5) is 6.63. The second kappa shape index (κ2) is 6.03. The molecule has 2 aromatic heterocycles. The molecule has 0 bridgehead atoms. The van der Waals surface area contributed by atoms with E-state index in [2.05, 4.69) is 32.9 Å². The monoisotopic (exact) mass is 288 g/mol. The van der Waals surface area contributed by atoms with Crippen LogP contribution in [0.1, 0.15) is 35.7 Å². The van der Waals surface area contributed by atoms with Gasteiger partial charge in [-0.05, 0) is 32.9 Å². The molecule has 0 aromatic carbocycles. The molecule has 0 unspecified atom stereocenters. The minimum atomic E-state index is 0.713. The average Bonchev–Trinajstić information content (AvgIpc) is 3.10. The van der Waals surface area contributed by atoms with Crippen molar-refractivity contribution >= 4 is 0 Å². The van der Waals surface area contributed by atoms with Crippen LogP contribution in [0.15, 0.2) is 22.9 Å². The SMILES string of the molecule is Cc1oc(CNC2CC2)cc1CN(C)Cc1nccn1C. The molecule has 0 amide bonds. The van der Waals surface area contributed by atoms with Crippen LogP contribution in [0.2, 0.25) is 0 Å². The van der Waals surface area contributed by atoms with E-state index in [1.54, 1.807) is 0 Å². The van der Waals surface area contributed by atoms with E-state index in [9.17, 15) is 0 Å². The molecule has 1 fully saturated rings. The topological polar surface area (TPSA) is 46.2 Å². The Kier molecular flexibility index (Phi) is 4.12. The summed E-state index contributed by atoms with van der Waals surface area (Å²) in [6.45, 7) is 4.61. The van der Waals surface area contributed by atoms with Crippen molar-refractivity contribution in [1.82, 2.24) is 19.8 Å². The lowest BCUT2D eigenvalue weighted by Crippen LogP contribution is -2.19. The fourth-order valence-electron chi connectivity index (χ4n) is 2.50. The minimum absolute atomic E-state index is 0.713. The van der Waals surface area contributed by atoms with Gasteiger partial charge in [-0.15, -0.1) is 0 Å². The van der Waals surface area contributed by atoms with Crippen molar-refractivity contribution < 1.29 is 4.42 Å². The van der Waals surface area contributed by atoms with Crippen LogP contribution in [0.5, 0.6) is 0 Å². The maximum Gasteiger partial charge on any atom is 0.122 e. The molecule has 1 N–H and O–H groups in total. The van der Waals surface area contributed by atoms with E-state index in [4.69, 9.17) is 4.42 Å². The number of imidazole rings is 1. The van der Waals surface area contributed by atoms with Crippen LogP contribution < -0.4 is 5.32 Å². The number of furan rings is 1. The van der Waals surface area contributed by atoms with Crippen molar-refractivity contribution in [1.29, 1.82) is 0 Å². The number of hydrogen-bond donors (Lipinski definition) is 1. The summed E-state index contributed by atoms with van der Waals surface area (Å²) in [6.07, 6.45) is 6.43. The third-order valence-corrected chi connectivity index (χ3v) is 3.99. The van der Waals surface area contributed by atoms with Crippen molar-refractivity contribution in [2.24, 2.45) is 7.05 Å². The summed E-state index contributed by atoms with van der Waals surface area (Å²) in [5, 5.41) is 3.49. The Morgan fingerprint density at radius 3 is 2.90 bits per heavy atom. The predicted molar refractivity (Wildman–Crippen MR) is 81.7 cm³/mol. The van der Waals surface area contributed by atoms with Gasteiger partial charge >= 0.3 is 0 Å². The molecule has 3 rings (SSSR count). The maximum atomic E-state index is 5.84. The van der Waals surface area contributed by atoms with Gasteiger partial charge in [0.05, 0.1) is 13.1 Å². The van der Waals surface area contributed by atoms with Gasteiger partial charge in [-0.1, -0.05) is 0 Å². The quantitative estimate of drug-likeness (QED) is 0.848. The highest BCUT2D eigenvalue weighted by Crippen LogP contribution is 2.21. The molecule has 1 aliphatic carbocycles. The molecule has 0 saturated heterocycles. The lowest BCUT2D eigenvalue weighted by molar-refractivity contribution is 0.304. The molecule has 21 heavy (non-hydrogen) atoms. The molecule has 0 spiro atoms. The number of aromatic nitrogens is 2. The van der Waals surface area contributed by atoms with Crippen molar-refractivity contribution in [3.63, 3.8) is 0 Å². The molecule has 114 valence electrons. The van der Waals surface area contributed by atoms with Crippen LogP contribution >= 0.6 is 0 Å². The average molecular weight is 288 g/mol. The van der Waals surface area contributed by atoms with Crippen LogP contribution in [-0.2, 0) is 26.7 Å². The fraction of sp³-hybridized carbons (Fsp3) is 0.562. The van der Waals surface area contributed by atoms with Crippen molar-refractivity contribution in [2.45, 2.75) is 45.4 Å². The van der Waals surface area contributed by atoms with E-state index in [1.165, 1.54) is 18.4 Å². The number of rotatable bonds is 7. The Labute approximate surface area is 126 Å². The van der Waals surface area contributed by atoms with Gasteiger partial charge in [0.2, 0.25) is 0 Å². The van der Waals surface area contributed by atoms with Gasteiger partial charge in [0.15, 0.2) is 0 Å². The second-order valence-electron chi connectivity index (χ2n) is 6.08. The lowest BCUT2D eigenvalue weighted by atomic mass is 10.2. The zero-order chi connectivity index (χ0) is 14.8. The summed E-state index contributed by atoms with van der Waals surface area (Å²) in [6, 6.07) is 2.89. The molecule has 0 radical (unpaired) electrons. The number of nitrogens with zero attached hydrogens (tertiary/aromatic N) is 3. The summed E-state index contributed by atoms with van der Waals surface area (Å²) < 4.78 is 7.90. The van der Waals surface area contributed by atoms with Gasteiger partial charge in [0.1, 0.15) is 17.3 Å². The van der Waals surface area contributed by atoms with Crippen LogP contribution in [0.4, 0.5) is 0 Å². The van der Waals surface area contributed by atoms with E-state index in [0.717, 1.165) is 37.0 Å². The van der Waals surface area contributed by atoms with E-state index in [0.29, 0.717) is 6.04 Å². The standard InChI is InChI=1S/C16H24N4O/c1-12-13(8-15(21-12)9-18-14-4-5-14)10-19(2)11-16-17-6-7-20(16)3/h6-8,14,18H,4-5,9-11H2,1-3H3. The molecule has 5 heteroatoms. The van der Waals surface area contributed by atoms with Crippen molar-refractivity contribution in [2.75, 3.05) is 7.05 Å². The summed E-state index contributed by atoms with van der Waals surface area (Å²) >= 11 is 0. The number of aryl methyl sites for hydroxylation is 2. The number of nitrogens with one attached hydrogen (secondary N) is 1. The van der Waals surface area contributed by atoms with Crippen LogP contribution in [-0.4, -0.2) is 27.5 Å². The molecular formula is C16H24N4O. The first-order chi connectivity index (χ1) is 10.1. The Balaban J connectivity index is 1.57. The van der Waals surface area contributed by atoms with Gasteiger partial charge in [-0.25, -0.2) is 4.98 Å². The predicted octanol–water partition coefficient (Wildman–Crippen LogP) is 2.21. The molecule has 2 heterocycles. The molecule has 2 aromatic rings. The first-order valence-corrected chi connectivity index (χ1v) is 7.58. The minimum Gasteiger partial charge on any atom is -0.465 e. The fourth-order valence-corrected chi connectivity index (χ4v) is 2.50. The van der Waals surface area contributed by atoms with Crippen LogP contribution in [0, 0.1) is 6.92 Å². The molecule has 0 atom stereocenters. The highest BCUT2D eigenvalue weighted by atomic mass is 16.3. The first kappa shape index (κ1) is 14.4. The zero-order valence-corrected chi connectivity index (χ0v) is 13.1. The Hall–Kier alpha value is -1.59. The molecule has 0 aliphatic heterocycles. The van der Waals surface area contributed by atoms with E-state index < -0.39 is 0 Å². The molecule has 1 saturated carbocycles. The lowest BCUT2D eigenvalue weighted by Gasteiger charge is -2.15. The largest absolute Gasteiger partial charge is 0.465 e. The zero-order valence-electron chi connectivity index (χ0n) is 13.1. The van der Waals surface area contributed by atoms with E-state index in [1.807, 2.05) is 26.4 Å². The van der Waals surface area contributed by atoms with Crippen LogP contribution in [0.3, 0.4) is 0 Å².